The second-order valence-corrected chi connectivity index (χ2v) is 5.52. The Balaban J connectivity index is 1.73. The Hall–Kier alpha value is -1.61. The minimum Gasteiger partial charge on any atom is -0.354 e. The average Bonchev–Trinajstić information content (AvgIpc) is 3.08. The Labute approximate surface area is 121 Å². The normalized spacial score (nSPS) is 28.8. The molecule has 3 nitrogen and oxygen atoms in total. The van der Waals surface area contributed by atoms with Crippen LogP contribution in [0.25, 0.3) is 0 Å². The first-order valence-corrected chi connectivity index (χ1v) is 7.39. The van der Waals surface area contributed by atoms with Crippen LogP contribution in [-0.2, 0) is 4.79 Å². The van der Waals surface area contributed by atoms with Gasteiger partial charge >= 0.3 is 0 Å². The molecular weight excluding hydrogens is 248 g/mol. The number of piperidine rings is 1. The first-order valence-electron chi connectivity index (χ1n) is 7.39. The number of allylic oxidation sites excluding steroid dienone is 5. The average molecular weight is 272 g/mol. The van der Waals surface area contributed by atoms with Crippen LogP contribution in [0.4, 0.5) is 0 Å². The largest absolute Gasteiger partial charge is 0.354 e. The lowest BCUT2D eigenvalue weighted by Crippen LogP contribution is -2.47. The van der Waals surface area contributed by atoms with Crippen molar-refractivity contribution in [3.63, 3.8) is 0 Å². The van der Waals surface area contributed by atoms with Gasteiger partial charge in [-0.25, -0.2) is 0 Å². The molecule has 1 aliphatic carbocycles. The molecule has 0 radical (unpaired) electrons. The highest BCUT2D eigenvalue weighted by molar-refractivity contribution is 5.82. The van der Waals surface area contributed by atoms with E-state index >= 15 is 0 Å². The second-order valence-electron chi connectivity index (χ2n) is 5.52. The van der Waals surface area contributed by atoms with Crippen molar-refractivity contribution in [3.8, 4) is 0 Å². The molecular formula is C17H24N2O. The fraction of sp³-hybridized carbons (Fsp3) is 0.471. The molecule has 2 rings (SSSR count). The molecule has 0 spiro atoms. The molecule has 108 valence electrons. The van der Waals surface area contributed by atoms with Crippen molar-refractivity contribution in [1.82, 2.24) is 10.6 Å². The topological polar surface area (TPSA) is 41.1 Å². The first kappa shape index (κ1) is 14.8. The maximum absolute atomic E-state index is 12.1. The highest BCUT2D eigenvalue weighted by atomic mass is 16.2. The summed E-state index contributed by atoms with van der Waals surface area (Å²) in [5, 5.41) is 6.45. The Morgan fingerprint density at radius 3 is 2.75 bits per heavy atom. The minimum atomic E-state index is 0.0329. The summed E-state index contributed by atoms with van der Waals surface area (Å²) in [6, 6.07) is 0.606. The van der Waals surface area contributed by atoms with E-state index in [1.165, 1.54) is 19.3 Å². The maximum Gasteiger partial charge on any atom is 0.237 e. The van der Waals surface area contributed by atoms with Gasteiger partial charge in [0.25, 0.3) is 0 Å². The summed E-state index contributed by atoms with van der Waals surface area (Å²) < 4.78 is 0. The van der Waals surface area contributed by atoms with E-state index in [0.29, 0.717) is 18.5 Å². The number of carbonyl (C=O) groups is 1. The van der Waals surface area contributed by atoms with Crippen molar-refractivity contribution >= 4 is 5.91 Å². The number of fused-ring (bicyclic) bond motifs is 2. The van der Waals surface area contributed by atoms with Crippen molar-refractivity contribution < 1.29 is 4.79 Å². The summed E-state index contributed by atoms with van der Waals surface area (Å²) in [5.74, 6) is 0.701. The Morgan fingerprint density at radius 2 is 2.15 bits per heavy atom. The molecule has 2 fully saturated rings. The zero-order chi connectivity index (χ0) is 14.4. The highest BCUT2D eigenvalue weighted by Gasteiger charge is 2.42. The zero-order valence-corrected chi connectivity index (χ0v) is 12.0. The van der Waals surface area contributed by atoms with Crippen molar-refractivity contribution in [2.75, 3.05) is 6.54 Å². The van der Waals surface area contributed by atoms with Crippen molar-refractivity contribution in [2.45, 2.75) is 37.8 Å². The smallest absolute Gasteiger partial charge is 0.237 e. The minimum absolute atomic E-state index is 0.0329. The summed E-state index contributed by atoms with van der Waals surface area (Å²) in [5.41, 5.74) is 1.12. The summed E-state index contributed by atoms with van der Waals surface area (Å²) in [6.07, 6.45) is 13.8. The molecule has 1 heterocycles. The molecule has 20 heavy (non-hydrogen) atoms. The molecule has 0 aromatic heterocycles. The molecule has 1 amide bonds. The fourth-order valence-electron chi connectivity index (χ4n) is 3.10. The SMILES string of the molecule is C=C/C=C\C=C(/C=C)CCNC(=O)[C@H]1N[C@@H]2CC[C@H]1C2. The number of hydrogen-bond acceptors (Lipinski definition) is 2. The molecule has 3 atom stereocenters. The molecule has 0 unspecified atom stereocenters. The quantitative estimate of drug-likeness (QED) is 0.699. The van der Waals surface area contributed by atoms with Gasteiger partial charge in [0.1, 0.15) is 0 Å². The molecule has 2 aliphatic rings. The third kappa shape index (κ3) is 3.70. The van der Waals surface area contributed by atoms with E-state index in [0.717, 1.165) is 12.0 Å². The predicted octanol–water partition coefficient (Wildman–Crippen LogP) is 2.49. The number of carbonyl (C=O) groups excluding carboxylic acids is 1. The lowest BCUT2D eigenvalue weighted by Gasteiger charge is -2.22. The lowest BCUT2D eigenvalue weighted by atomic mass is 9.99. The monoisotopic (exact) mass is 272 g/mol. The van der Waals surface area contributed by atoms with Gasteiger partial charge in [0.15, 0.2) is 0 Å². The van der Waals surface area contributed by atoms with Gasteiger partial charge in [0, 0.05) is 12.6 Å². The van der Waals surface area contributed by atoms with Crippen molar-refractivity contribution in [1.29, 1.82) is 0 Å². The number of hydrogen-bond donors (Lipinski definition) is 2. The number of amides is 1. The molecule has 0 aromatic carbocycles. The molecule has 1 saturated carbocycles. The molecule has 3 heteroatoms. The van der Waals surface area contributed by atoms with E-state index in [2.05, 4.69) is 23.8 Å². The van der Waals surface area contributed by atoms with Gasteiger partial charge in [-0.1, -0.05) is 43.5 Å². The van der Waals surface area contributed by atoms with Gasteiger partial charge in [-0.2, -0.15) is 0 Å². The zero-order valence-electron chi connectivity index (χ0n) is 12.0. The van der Waals surface area contributed by atoms with Crippen molar-refractivity contribution in [2.24, 2.45) is 5.92 Å². The Morgan fingerprint density at radius 1 is 1.30 bits per heavy atom. The Bertz CT molecular complexity index is 436. The third-order valence-electron chi connectivity index (χ3n) is 4.17. The van der Waals surface area contributed by atoms with Crippen molar-refractivity contribution in [3.05, 3.63) is 49.1 Å². The van der Waals surface area contributed by atoms with E-state index in [1.807, 2.05) is 24.3 Å². The van der Waals surface area contributed by atoms with Crippen LogP contribution in [0.1, 0.15) is 25.7 Å². The maximum atomic E-state index is 12.1. The second kappa shape index (κ2) is 7.25. The van der Waals surface area contributed by atoms with Gasteiger partial charge in [-0.05, 0) is 37.2 Å². The Kier molecular flexibility index (Phi) is 5.36. The molecule has 2 bridgehead atoms. The summed E-state index contributed by atoms with van der Waals surface area (Å²) >= 11 is 0. The predicted molar refractivity (Wildman–Crippen MR) is 83.3 cm³/mol. The summed E-state index contributed by atoms with van der Waals surface area (Å²) in [4.78, 5) is 12.1. The first-order chi connectivity index (χ1) is 9.74. The number of nitrogens with one attached hydrogen (secondary N) is 2. The van der Waals surface area contributed by atoms with Gasteiger partial charge < -0.3 is 10.6 Å². The third-order valence-corrected chi connectivity index (χ3v) is 4.17. The molecule has 0 aromatic rings. The van der Waals surface area contributed by atoms with Gasteiger partial charge in [0.2, 0.25) is 5.91 Å². The number of rotatable bonds is 7. The van der Waals surface area contributed by atoms with E-state index in [-0.39, 0.29) is 11.9 Å². The summed E-state index contributed by atoms with van der Waals surface area (Å²) in [6.45, 7) is 8.08. The van der Waals surface area contributed by atoms with Crippen LogP contribution >= 0.6 is 0 Å². The van der Waals surface area contributed by atoms with E-state index in [9.17, 15) is 4.79 Å². The van der Waals surface area contributed by atoms with Crippen LogP contribution in [0.5, 0.6) is 0 Å². The van der Waals surface area contributed by atoms with Crippen LogP contribution in [0, 0.1) is 5.92 Å². The fourth-order valence-corrected chi connectivity index (χ4v) is 3.10. The van der Waals surface area contributed by atoms with Crippen LogP contribution < -0.4 is 10.6 Å². The van der Waals surface area contributed by atoms with Gasteiger partial charge in [-0.15, -0.1) is 0 Å². The summed E-state index contributed by atoms with van der Waals surface area (Å²) in [7, 11) is 0. The van der Waals surface area contributed by atoms with Crippen LogP contribution in [-0.4, -0.2) is 24.5 Å². The van der Waals surface area contributed by atoms with Gasteiger partial charge in [0.05, 0.1) is 6.04 Å². The van der Waals surface area contributed by atoms with E-state index in [4.69, 9.17) is 0 Å². The highest BCUT2D eigenvalue weighted by Crippen LogP contribution is 2.35. The van der Waals surface area contributed by atoms with Crippen LogP contribution in [0.2, 0.25) is 0 Å². The van der Waals surface area contributed by atoms with E-state index < -0.39 is 0 Å². The lowest BCUT2D eigenvalue weighted by molar-refractivity contribution is -0.124. The van der Waals surface area contributed by atoms with Gasteiger partial charge in [-0.3, -0.25) is 4.79 Å². The standard InChI is InChI=1S/C17H24N2O/c1-3-5-6-7-13(4-2)10-11-18-17(20)16-14-8-9-15(12-14)19-16/h3-7,14-16,19H,1-2,8-12H2,(H,18,20)/b6-5-,13-7+/t14-,15+,16-/m0/s1. The molecule has 1 aliphatic heterocycles. The molecule has 1 saturated heterocycles. The van der Waals surface area contributed by atoms with Crippen LogP contribution in [0.3, 0.4) is 0 Å². The van der Waals surface area contributed by atoms with Crippen LogP contribution in [0.15, 0.2) is 49.1 Å². The van der Waals surface area contributed by atoms with E-state index in [1.54, 1.807) is 6.08 Å². The molecule has 2 N–H and O–H groups in total.